The molecule has 6 aromatic carbocycles. The van der Waals surface area contributed by atoms with Gasteiger partial charge in [0.2, 0.25) is 0 Å². The number of rotatable bonds is 8. The first-order valence-corrected chi connectivity index (χ1v) is 13.8. The van der Waals surface area contributed by atoms with Crippen molar-refractivity contribution in [1.82, 2.24) is 0 Å². The van der Waals surface area contributed by atoms with Crippen LogP contribution in [0.2, 0.25) is 0 Å². The van der Waals surface area contributed by atoms with Crippen LogP contribution >= 0.6 is 0 Å². The first-order valence-electron chi connectivity index (χ1n) is 13.8. The van der Waals surface area contributed by atoms with Crippen LogP contribution in [0.3, 0.4) is 0 Å². The van der Waals surface area contributed by atoms with Gasteiger partial charge in [0.1, 0.15) is 5.75 Å². The molecule has 0 amide bonds. The van der Waals surface area contributed by atoms with Gasteiger partial charge in [0.05, 0.1) is 7.11 Å². The standard InChI is InChI=1S/C38H32N2O/c1-39(34-25-27-38(41-2)28-26-34)33-21-23-37(24-22-33)40(35-17-13-31(14-18-35)29-9-5-3-6-10-29)36-19-15-32(16-20-36)30-11-7-4-8-12-30/h3-28H,1-2H3. The summed E-state index contributed by atoms with van der Waals surface area (Å²) in [7, 11) is 3.77. The van der Waals surface area contributed by atoms with Crippen LogP contribution in [0.4, 0.5) is 28.4 Å². The summed E-state index contributed by atoms with van der Waals surface area (Å²) in [6, 6.07) is 55.4. The number of hydrogen-bond acceptors (Lipinski definition) is 3. The van der Waals surface area contributed by atoms with E-state index in [4.69, 9.17) is 4.74 Å². The number of methoxy groups -OCH3 is 1. The smallest absolute Gasteiger partial charge is 0.119 e. The molecule has 0 aliphatic heterocycles. The van der Waals surface area contributed by atoms with Crippen LogP contribution in [0.1, 0.15) is 0 Å². The minimum absolute atomic E-state index is 0.852. The molecule has 6 rings (SSSR count). The van der Waals surface area contributed by atoms with Crippen LogP contribution in [0.5, 0.6) is 5.75 Å². The summed E-state index contributed by atoms with van der Waals surface area (Å²) in [5.74, 6) is 0.852. The predicted octanol–water partition coefficient (Wildman–Crippen LogP) is 10.3. The third kappa shape index (κ3) is 5.70. The Morgan fingerprint density at radius 3 is 1.07 bits per heavy atom. The van der Waals surface area contributed by atoms with Crippen LogP contribution in [-0.4, -0.2) is 14.2 Å². The zero-order chi connectivity index (χ0) is 28.0. The van der Waals surface area contributed by atoms with E-state index in [0.29, 0.717) is 0 Å². The summed E-state index contributed by atoms with van der Waals surface area (Å²) >= 11 is 0. The molecule has 6 aromatic rings. The molecule has 0 aliphatic rings. The minimum Gasteiger partial charge on any atom is -0.497 e. The minimum atomic E-state index is 0.852. The van der Waals surface area contributed by atoms with Crippen molar-refractivity contribution in [2.24, 2.45) is 0 Å². The van der Waals surface area contributed by atoms with Crippen molar-refractivity contribution in [3.05, 3.63) is 158 Å². The normalized spacial score (nSPS) is 10.7. The van der Waals surface area contributed by atoms with Crippen molar-refractivity contribution in [1.29, 1.82) is 0 Å². The van der Waals surface area contributed by atoms with E-state index in [9.17, 15) is 0 Å². The van der Waals surface area contributed by atoms with Crippen molar-refractivity contribution < 1.29 is 4.74 Å². The summed E-state index contributed by atoms with van der Waals surface area (Å²) in [6.07, 6.45) is 0. The predicted molar refractivity (Wildman–Crippen MR) is 173 cm³/mol. The lowest BCUT2D eigenvalue weighted by atomic mass is 10.0. The second-order valence-electron chi connectivity index (χ2n) is 9.93. The number of anilines is 5. The first kappa shape index (κ1) is 26.0. The van der Waals surface area contributed by atoms with Gasteiger partial charge in [-0.1, -0.05) is 84.9 Å². The van der Waals surface area contributed by atoms with Crippen LogP contribution in [0, 0.1) is 0 Å². The fraction of sp³-hybridized carbons (Fsp3) is 0.0526. The lowest BCUT2D eigenvalue weighted by molar-refractivity contribution is 0.415. The van der Waals surface area contributed by atoms with Gasteiger partial charge in [0, 0.05) is 35.5 Å². The van der Waals surface area contributed by atoms with Crippen molar-refractivity contribution in [3.8, 4) is 28.0 Å². The van der Waals surface area contributed by atoms with E-state index in [1.165, 1.54) is 22.3 Å². The highest BCUT2D eigenvalue weighted by Gasteiger charge is 2.14. The Kier molecular flexibility index (Phi) is 7.51. The molecule has 0 unspecified atom stereocenters. The largest absolute Gasteiger partial charge is 0.497 e. The monoisotopic (exact) mass is 532 g/mol. The summed E-state index contributed by atoms with van der Waals surface area (Å²) < 4.78 is 5.32. The van der Waals surface area contributed by atoms with Gasteiger partial charge < -0.3 is 14.5 Å². The van der Waals surface area contributed by atoms with E-state index in [1.54, 1.807) is 7.11 Å². The molecule has 0 fully saturated rings. The van der Waals surface area contributed by atoms with Gasteiger partial charge in [-0.15, -0.1) is 0 Å². The van der Waals surface area contributed by atoms with Crippen molar-refractivity contribution >= 4 is 28.4 Å². The van der Waals surface area contributed by atoms with Gasteiger partial charge in [-0.3, -0.25) is 0 Å². The maximum atomic E-state index is 5.32. The Balaban J connectivity index is 1.34. The van der Waals surface area contributed by atoms with Gasteiger partial charge in [-0.25, -0.2) is 0 Å². The lowest BCUT2D eigenvalue weighted by Crippen LogP contribution is -2.12. The first-order chi connectivity index (χ1) is 20.2. The van der Waals surface area contributed by atoms with E-state index >= 15 is 0 Å². The van der Waals surface area contributed by atoms with Crippen molar-refractivity contribution in [2.45, 2.75) is 0 Å². The Morgan fingerprint density at radius 2 is 0.683 bits per heavy atom. The highest BCUT2D eigenvalue weighted by atomic mass is 16.5. The molecule has 0 atom stereocenters. The Labute approximate surface area is 242 Å². The van der Waals surface area contributed by atoms with Gasteiger partial charge in [-0.05, 0) is 95.1 Å². The fourth-order valence-electron chi connectivity index (χ4n) is 5.09. The average Bonchev–Trinajstić information content (AvgIpc) is 3.06. The van der Waals surface area contributed by atoms with Crippen molar-refractivity contribution in [2.75, 3.05) is 24.0 Å². The molecule has 0 N–H and O–H groups in total. The van der Waals surface area contributed by atoms with Crippen LogP contribution in [0.25, 0.3) is 22.3 Å². The molecule has 3 nitrogen and oxygen atoms in total. The highest BCUT2D eigenvalue weighted by Crippen LogP contribution is 2.38. The fourth-order valence-corrected chi connectivity index (χ4v) is 5.09. The highest BCUT2D eigenvalue weighted by molar-refractivity contribution is 5.80. The second-order valence-corrected chi connectivity index (χ2v) is 9.93. The number of hydrogen-bond donors (Lipinski definition) is 0. The van der Waals surface area contributed by atoms with E-state index < -0.39 is 0 Å². The Bertz CT molecular complexity index is 1600. The molecule has 0 aromatic heterocycles. The van der Waals surface area contributed by atoms with E-state index in [-0.39, 0.29) is 0 Å². The average molecular weight is 533 g/mol. The molecule has 0 heterocycles. The lowest BCUT2D eigenvalue weighted by Gasteiger charge is -2.27. The van der Waals surface area contributed by atoms with Gasteiger partial charge in [-0.2, -0.15) is 0 Å². The van der Waals surface area contributed by atoms with Crippen LogP contribution in [0.15, 0.2) is 158 Å². The third-order valence-corrected chi connectivity index (χ3v) is 7.42. The van der Waals surface area contributed by atoms with Crippen LogP contribution < -0.4 is 14.5 Å². The molecule has 200 valence electrons. The number of nitrogens with zero attached hydrogens (tertiary/aromatic N) is 2. The summed E-state index contributed by atoms with van der Waals surface area (Å²) in [5.41, 5.74) is 10.3. The summed E-state index contributed by atoms with van der Waals surface area (Å²) in [5, 5.41) is 0. The van der Waals surface area contributed by atoms with E-state index in [0.717, 1.165) is 34.2 Å². The molecule has 0 bridgehead atoms. The molecule has 3 heteroatoms. The maximum Gasteiger partial charge on any atom is 0.119 e. The zero-order valence-electron chi connectivity index (χ0n) is 23.3. The number of ether oxygens (including phenoxy) is 1. The zero-order valence-corrected chi connectivity index (χ0v) is 23.3. The summed E-state index contributed by atoms with van der Waals surface area (Å²) in [4.78, 5) is 4.48. The molecule has 0 radical (unpaired) electrons. The molecular weight excluding hydrogens is 500 g/mol. The molecule has 0 saturated heterocycles. The van der Waals surface area contributed by atoms with E-state index in [1.807, 2.05) is 12.1 Å². The van der Waals surface area contributed by atoms with Crippen molar-refractivity contribution in [3.63, 3.8) is 0 Å². The molecule has 0 spiro atoms. The van der Waals surface area contributed by atoms with Gasteiger partial charge in [0.15, 0.2) is 0 Å². The second kappa shape index (κ2) is 11.8. The molecule has 0 saturated carbocycles. The Morgan fingerprint density at radius 1 is 0.366 bits per heavy atom. The third-order valence-electron chi connectivity index (χ3n) is 7.42. The molecule has 41 heavy (non-hydrogen) atoms. The number of benzene rings is 6. The Hall–Kier alpha value is -5.28. The molecule has 0 aliphatic carbocycles. The SMILES string of the molecule is COc1ccc(N(C)c2ccc(N(c3ccc(-c4ccccc4)cc3)c3ccc(-c4ccccc4)cc3)cc2)cc1. The van der Waals surface area contributed by atoms with E-state index in [2.05, 4.69) is 162 Å². The van der Waals surface area contributed by atoms with Gasteiger partial charge >= 0.3 is 0 Å². The quantitative estimate of drug-likeness (QED) is 0.194. The maximum absolute atomic E-state index is 5.32. The van der Waals surface area contributed by atoms with Crippen LogP contribution in [-0.2, 0) is 0 Å². The topological polar surface area (TPSA) is 15.7 Å². The molecular formula is C38H32N2O. The van der Waals surface area contributed by atoms with Gasteiger partial charge in [0.25, 0.3) is 0 Å². The summed E-state index contributed by atoms with van der Waals surface area (Å²) in [6.45, 7) is 0.